The molecule has 0 unspecified atom stereocenters. The number of amides is 2. The molecule has 0 aliphatic carbocycles. The van der Waals surface area contributed by atoms with Gasteiger partial charge in [0.15, 0.2) is 11.5 Å². The molecule has 2 amide bonds. The van der Waals surface area contributed by atoms with Crippen molar-refractivity contribution in [2.45, 2.75) is 44.6 Å². The Labute approximate surface area is 227 Å². The maximum Gasteiger partial charge on any atom is 0.573 e. The standard InChI is InChI=1S/C27H27F4N5O4/c1-15(28)24(37)34-13-17(14-34)22-21-20(16-11-35(12-16)25(38)40-26(2,3)4)9-10-32-23(21)36(33-22)18-5-7-19(8-6-18)39-27(29,30)31/h5-10,16-17H,1,11-14H2,2-4H3. The molecule has 2 aliphatic heterocycles. The van der Waals surface area contributed by atoms with Gasteiger partial charge in [0.2, 0.25) is 0 Å². The Hall–Kier alpha value is -4.16. The maximum absolute atomic E-state index is 13.4. The van der Waals surface area contributed by atoms with Crippen molar-refractivity contribution >= 4 is 23.0 Å². The van der Waals surface area contributed by atoms with Crippen molar-refractivity contribution in [1.82, 2.24) is 24.6 Å². The van der Waals surface area contributed by atoms with E-state index in [0.717, 1.165) is 10.9 Å². The van der Waals surface area contributed by atoms with Gasteiger partial charge < -0.3 is 19.3 Å². The molecule has 0 spiro atoms. The number of hydrogen-bond donors (Lipinski definition) is 0. The third-order valence-corrected chi connectivity index (χ3v) is 6.70. The minimum atomic E-state index is -4.82. The van der Waals surface area contributed by atoms with Crippen LogP contribution in [0, 0.1) is 0 Å². The summed E-state index contributed by atoms with van der Waals surface area (Å²) >= 11 is 0. The molecule has 2 aliphatic rings. The Morgan fingerprint density at radius 3 is 2.17 bits per heavy atom. The van der Waals surface area contributed by atoms with Crippen LogP contribution >= 0.6 is 0 Å². The van der Waals surface area contributed by atoms with Crippen molar-refractivity contribution in [3.05, 3.63) is 60.2 Å². The van der Waals surface area contributed by atoms with Gasteiger partial charge in [-0.3, -0.25) is 4.79 Å². The van der Waals surface area contributed by atoms with Crippen LogP contribution in [0.2, 0.25) is 0 Å². The van der Waals surface area contributed by atoms with Crippen LogP contribution in [0.1, 0.15) is 43.9 Å². The molecule has 5 rings (SSSR count). The van der Waals surface area contributed by atoms with Crippen molar-refractivity contribution in [2.24, 2.45) is 0 Å². The fourth-order valence-corrected chi connectivity index (χ4v) is 4.83. The van der Waals surface area contributed by atoms with Crippen molar-refractivity contribution in [3.63, 3.8) is 0 Å². The Kier molecular flexibility index (Phi) is 6.71. The number of pyridine rings is 1. The van der Waals surface area contributed by atoms with Gasteiger partial charge in [-0.1, -0.05) is 6.58 Å². The molecule has 0 N–H and O–H groups in total. The van der Waals surface area contributed by atoms with Crippen molar-refractivity contribution < 1.29 is 36.6 Å². The summed E-state index contributed by atoms with van der Waals surface area (Å²) in [6.07, 6.45) is -3.62. The number of nitrogens with zero attached hydrogens (tertiary/aromatic N) is 5. The lowest BCUT2D eigenvalue weighted by Gasteiger charge is -2.41. The lowest BCUT2D eigenvalue weighted by atomic mass is 9.86. The fourth-order valence-electron chi connectivity index (χ4n) is 4.83. The van der Waals surface area contributed by atoms with Crippen molar-refractivity contribution in [2.75, 3.05) is 26.2 Å². The van der Waals surface area contributed by atoms with E-state index in [2.05, 4.69) is 16.3 Å². The SMILES string of the molecule is C=C(F)C(=O)N1CC(c2nn(-c3ccc(OC(F)(F)F)cc3)c3nccc(C4CN(C(=O)OC(C)(C)C)C4)c23)C1. The number of ether oxygens (including phenoxy) is 2. The molecule has 1 aromatic carbocycles. The van der Waals surface area contributed by atoms with Gasteiger partial charge in [-0.25, -0.2) is 18.9 Å². The zero-order valence-corrected chi connectivity index (χ0v) is 22.0. The van der Waals surface area contributed by atoms with Crippen LogP contribution < -0.4 is 4.74 Å². The average Bonchev–Trinajstić information content (AvgIpc) is 3.15. The molecule has 2 aromatic heterocycles. The average molecular weight is 562 g/mol. The molecular formula is C27H27F4N5O4. The first-order valence-corrected chi connectivity index (χ1v) is 12.6. The molecule has 2 saturated heterocycles. The van der Waals surface area contributed by atoms with Gasteiger partial charge in [0.25, 0.3) is 5.91 Å². The lowest BCUT2D eigenvalue weighted by Crippen LogP contribution is -2.50. The molecule has 13 heteroatoms. The first-order chi connectivity index (χ1) is 18.7. The molecule has 3 aromatic rings. The van der Waals surface area contributed by atoms with Crippen LogP contribution in [-0.4, -0.2) is 74.7 Å². The summed E-state index contributed by atoms with van der Waals surface area (Å²) in [6, 6.07) is 7.08. The summed E-state index contributed by atoms with van der Waals surface area (Å²) < 4.78 is 62.2. The van der Waals surface area contributed by atoms with E-state index < -0.39 is 29.8 Å². The van der Waals surface area contributed by atoms with E-state index >= 15 is 0 Å². The zero-order valence-electron chi connectivity index (χ0n) is 22.0. The molecule has 212 valence electrons. The van der Waals surface area contributed by atoms with E-state index in [1.807, 2.05) is 6.07 Å². The number of hydrogen-bond acceptors (Lipinski definition) is 6. The van der Waals surface area contributed by atoms with Gasteiger partial charge in [0.05, 0.1) is 11.4 Å². The molecule has 9 nitrogen and oxygen atoms in total. The van der Waals surface area contributed by atoms with Gasteiger partial charge in [-0.15, -0.1) is 13.2 Å². The summed E-state index contributed by atoms with van der Waals surface area (Å²) in [5, 5.41) is 5.49. The summed E-state index contributed by atoms with van der Waals surface area (Å²) in [7, 11) is 0. The summed E-state index contributed by atoms with van der Waals surface area (Å²) in [4.78, 5) is 32.0. The molecular weight excluding hydrogens is 534 g/mol. The molecule has 0 atom stereocenters. The Morgan fingerprint density at radius 2 is 1.60 bits per heavy atom. The van der Waals surface area contributed by atoms with E-state index in [1.54, 1.807) is 31.9 Å². The number of rotatable bonds is 5. The van der Waals surface area contributed by atoms with Gasteiger partial charge in [0.1, 0.15) is 11.4 Å². The summed E-state index contributed by atoms with van der Waals surface area (Å²) in [6.45, 7) is 9.71. The highest BCUT2D eigenvalue weighted by molar-refractivity contribution is 5.92. The van der Waals surface area contributed by atoms with E-state index in [9.17, 15) is 27.2 Å². The second-order valence-corrected chi connectivity index (χ2v) is 10.8. The van der Waals surface area contributed by atoms with Crippen LogP contribution in [0.5, 0.6) is 5.75 Å². The minimum Gasteiger partial charge on any atom is -0.444 e. The van der Waals surface area contributed by atoms with Crippen LogP contribution in [0.15, 0.2) is 48.9 Å². The predicted molar refractivity (Wildman–Crippen MR) is 136 cm³/mol. The normalized spacial score (nSPS) is 16.5. The molecule has 0 radical (unpaired) electrons. The number of halogens is 4. The zero-order chi connectivity index (χ0) is 29.0. The van der Waals surface area contributed by atoms with Crippen molar-refractivity contribution in [3.8, 4) is 11.4 Å². The monoisotopic (exact) mass is 561 g/mol. The number of benzene rings is 1. The smallest absolute Gasteiger partial charge is 0.444 e. The number of carbonyl (C=O) groups is 2. The third kappa shape index (κ3) is 5.45. The van der Waals surface area contributed by atoms with Gasteiger partial charge in [-0.05, 0) is 56.7 Å². The largest absolute Gasteiger partial charge is 0.573 e. The van der Waals surface area contributed by atoms with E-state index in [4.69, 9.17) is 9.84 Å². The first kappa shape index (κ1) is 27.4. The number of fused-ring (bicyclic) bond motifs is 1. The topological polar surface area (TPSA) is 89.8 Å². The fraction of sp³-hybridized carbons (Fsp3) is 0.407. The highest BCUT2D eigenvalue weighted by atomic mass is 19.4. The van der Waals surface area contributed by atoms with Crippen LogP contribution in [0.3, 0.4) is 0 Å². The second-order valence-electron chi connectivity index (χ2n) is 10.8. The Balaban J connectivity index is 1.48. The van der Waals surface area contributed by atoms with Gasteiger partial charge in [0, 0.05) is 49.6 Å². The number of aromatic nitrogens is 3. The summed E-state index contributed by atoms with van der Waals surface area (Å²) in [5.74, 6) is -2.48. The van der Waals surface area contributed by atoms with Crippen LogP contribution in [-0.2, 0) is 9.53 Å². The first-order valence-electron chi connectivity index (χ1n) is 12.6. The number of carbonyl (C=O) groups excluding carboxylic acids is 2. The second kappa shape index (κ2) is 9.79. The van der Waals surface area contributed by atoms with E-state index in [-0.39, 0.29) is 30.7 Å². The summed E-state index contributed by atoms with van der Waals surface area (Å²) in [5.41, 5.74) is 1.80. The molecule has 0 bridgehead atoms. The third-order valence-electron chi connectivity index (χ3n) is 6.70. The maximum atomic E-state index is 13.4. The highest BCUT2D eigenvalue weighted by Gasteiger charge is 2.40. The highest BCUT2D eigenvalue weighted by Crippen LogP contribution is 2.39. The van der Waals surface area contributed by atoms with E-state index in [0.29, 0.717) is 30.1 Å². The van der Waals surface area contributed by atoms with Crippen LogP contribution in [0.25, 0.3) is 16.7 Å². The lowest BCUT2D eigenvalue weighted by molar-refractivity contribution is -0.274. The van der Waals surface area contributed by atoms with Crippen molar-refractivity contribution in [1.29, 1.82) is 0 Å². The molecule has 2 fully saturated rings. The molecule has 0 saturated carbocycles. The Morgan fingerprint density at radius 1 is 0.975 bits per heavy atom. The molecule has 40 heavy (non-hydrogen) atoms. The molecule has 4 heterocycles. The number of likely N-dealkylation sites (tertiary alicyclic amines) is 2. The quantitative estimate of drug-likeness (QED) is 0.320. The predicted octanol–water partition coefficient (Wildman–Crippen LogP) is 5.06. The Bertz CT molecular complexity index is 1470. The van der Waals surface area contributed by atoms with Gasteiger partial charge in [-0.2, -0.15) is 5.10 Å². The minimum absolute atomic E-state index is 0.0413. The number of alkyl halides is 3. The van der Waals surface area contributed by atoms with E-state index in [1.165, 1.54) is 33.8 Å². The van der Waals surface area contributed by atoms with Crippen LogP contribution in [0.4, 0.5) is 22.4 Å². The van der Waals surface area contributed by atoms with Gasteiger partial charge >= 0.3 is 12.5 Å².